The maximum atomic E-state index is 9.67. The molecule has 0 amide bonds. The van der Waals surface area contributed by atoms with Crippen molar-refractivity contribution in [1.82, 2.24) is 0 Å². The minimum Gasteiger partial charge on any atom is -0.330 e. The van der Waals surface area contributed by atoms with Gasteiger partial charge >= 0.3 is 7.54 Å². The molecular formula is C3H9BF3N. The molecule has 1 nitrogen and oxygen atoms in total. The minimum atomic E-state index is -3.67. The van der Waals surface area contributed by atoms with Gasteiger partial charge in [0.05, 0.1) is 0 Å². The fourth-order valence-corrected chi connectivity index (χ4v) is 0. The summed E-state index contributed by atoms with van der Waals surface area (Å²) in [4.78, 5) is 0. The predicted molar refractivity (Wildman–Crippen MR) is 28.4 cm³/mol. The molecule has 0 aliphatic rings. The summed E-state index contributed by atoms with van der Waals surface area (Å²) in [5, 5.41) is 0. The van der Waals surface area contributed by atoms with Gasteiger partial charge in [0, 0.05) is 0 Å². The average Bonchev–Trinajstić information content (AvgIpc) is 1.65. The van der Waals surface area contributed by atoms with Crippen molar-refractivity contribution in [1.29, 1.82) is 0 Å². The van der Waals surface area contributed by atoms with Gasteiger partial charge in [0.15, 0.2) is 0 Å². The third-order valence-corrected chi connectivity index (χ3v) is 0.289. The first kappa shape index (κ1) is 10.7. The quantitative estimate of drug-likeness (QED) is 0.526. The third-order valence-electron chi connectivity index (χ3n) is 0.289. The standard InChI is InChI=1S/C3H9N.BF3/c1-2-3-4;2-1(3)4/h2-4H2,1H3;. The topological polar surface area (TPSA) is 26.0 Å². The fourth-order valence-electron chi connectivity index (χ4n) is 0. The van der Waals surface area contributed by atoms with E-state index >= 15 is 0 Å². The first-order valence-electron chi connectivity index (χ1n) is 2.27. The van der Waals surface area contributed by atoms with Crippen LogP contribution in [0.4, 0.5) is 12.9 Å². The second-order valence-electron chi connectivity index (χ2n) is 1.04. The summed E-state index contributed by atoms with van der Waals surface area (Å²) < 4.78 is 29.0. The molecule has 0 aromatic carbocycles. The molecule has 50 valence electrons. The fraction of sp³-hybridized carbons (Fsp3) is 1.00. The molecule has 0 unspecified atom stereocenters. The highest BCUT2D eigenvalue weighted by Crippen LogP contribution is 1.80. The highest BCUT2D eigenvalue weighted by atomic mass is 19.4. The van der Waals surface area contributed by atoms with Crippen LogP contribution in [0.3, 0.4) is 0 Å². The molecule has 0 heterocycles. The lowest BCUT2D eigenvalue weighted by atomic mass is 10.5. The molecule has 0 aliphatic heterocycles. The molecule has 0 atom stereocenters. The summed E-state index contributed by atoms with van der Waals surface area (Å²) >= 11 is 0. The molecule has 0 spiro atoms. The SMILES string of the molecule is CCCN.FB(F)F. The third kappa shape index (κ3) is 203. The molecule has 0 rings (SSSR count). The summed E-state index contributed by atoms with van der Waals surface area (Å²) in [7, 11) is -3.67. The first-order valence-corrected chi connectivity index (χ1v) is 2.27. The lowest BCUT2D eigenvalue weighted by Gasteiger charge is -1.70. The van der Waals surface area contributed by atoms with Crippen molar-refractivity contribution in [2.24, 2.45) is 5.73 Å². The van der Waals surface area contributed by atoms with Crippen LogP contribution in [0.1, 0.15) is 13.3 Å². The minimum absolute atomic E-state index is 0.819. The van der Waals surface area contributed by atoms with Crippen molar-refractivity contribution in [3.05, 3.63) is 0 Å². The highest BCUT2D eigenvalue weighted by molar-refractivity contribution is 6.33. The Hall–Kier alpha value is -0.185. The Kier molecular flexibility index (Phi) is 13.3. The molecule has 0 saturated carbocycles. The highest BCUT2D eigenvalue weighted by Gasteiger charge is 2.06. The monoisotopic (exact) mass is 127 g/mol. The Bertz CT molecular complexity index is 31.0. The Morgan fingerprint density at radius 2 is 1.50 bits per heavy atom. The van der Waals surface area contributed by atoms with Crippen LogP contribution in [-0.4, -0.2) is 14.1 Å². The second-order valence-corrected chi connectivity index (χ2v) is 1.04. The van der Waals surface area contributed by atoms with E-state index in [4.69, 9.17) is 5.73 Å². The molecule has 8 heavy (non-hydrogen) atoms. The van der Waals surface area contributed by atoms with Crippen LogP contribution < -0.4 is 5.73 Å². The van der Waals surface area contributed by atoms with Crippen LogP contribution in [-0.2, 0) is 0 Å². The lowest BCUT2D eigenvalue weighted by Crippen LogP contribution is -1.93. The van der Waals surface area contributed by atoms with Crippen molar-refractivity contribution in [3.63, 3.8) is 0 Å². The smallest absolute Gasteiger partial charge is 0.330 e. The number of hydrogen-bond acceptors (Lipinski definition) is 1. The van der Waals surface area contributed by atoms with Gasteiger partial charge in [-0.15, -0.1) is 0 Å². The van der Waals surface area contributed by atoms with Gasteiger partial charge in [-0.3, -0.25) is 12.9 Å². The van der Waals surface area contributed by atoms with E-state index in [0.717, 1.165) is 13.0 Å². The predicted octanol–water partition coefficient (Wildman–Crippen LogP) is 1.23. The molecule has 0 aliphatic carbocycles. The zero-order valence-corrected chi connectivity index (χ0v) is 4.70. The van der Waals surface area contributed by atoms with Crippen LogP contribution in [0.25, 0.3) is 0 Å². The Balaban J connectivity index is 0. The molecule has 2 N–H and O–H groups in total. The lowest BCUT2D eigenvalue weighted by molar-refractivity contribution is 0.535. The van der Waals surface area contributed by atoms with Gasteiger partial charge in [-0.05, 0) is 13.0 Å². The van der Waals surface area contributed by atoms with Gasteiger partial charge in [-0.25, -0.2) is 0 Å². The van der Waals surface area contributed by atoms with Crippen molar-refractivity contribution in [2.75, 3.05) is 6.54 Å². The Labute approximate surface area is 47.3 Å². The van der Waals surface area contributed by atoms with E-state index in [-0.39, 0.29) is 0 Å². The largest absolute Gasteiger partial charge is 0.762 e. The zero-order valence-electron chi connectivity index (χ0n) is 4.70. The number of hydrogen-bond donors (Lipinski definition) is 1. The molecule has 0 radical (unpaired) electrons. The molecular weight excluding hydrogens is 118 g/mol. The second kappa shape index (κ2) is 9.94. The van der Waals surface area contributed by atoms with Gasteiger partial charge in [0.1, 0.15) is 0 Å². The van der Waals surface area contributed by atoms with E-state index in [9.17, 15) is 12.9 Å². The number of rotatable bonds is 1. The molecule has 0 bridgehead atoms. The molecule has 0 aromatic rings. The zero-order chi connectivity index (χ0) is 6.99. The molecule has 0 aromatic heterocycles. The number of halogens is 3. The van der Waals surface area contributed by atoms with Gasteiger partial charge < -0.3 is 5.73 Å². The van der Waals surface area contributed by atoms with Crippen LogP contribution in [0.2, 0.25) is 0 Å². The van der Waals surface area contributed by atoms with E-state index in [2.05, 4.69) is 6.92 Å². The van der Waals surface area contributed by atoms with Gasteiger partial charge in [0.25, 0.3) is 0 Å². The van der Waals surface area contributed by atoms with Crippen molar-refractivity contribution in [3.8, 4) is 0 Å². The van der Waals surface area contributed by atoms with E-state index in [1.165, 1.54) is 0 Å². The summed E-state index contributed by atoms with van der Waals surface area (Å²) in [6, 6.07) is 0. The summed E-state index contributed by atoms with van der Waals surface area (Å²) in [5.41, 5.74) is 5.03. The van der Waals surface area contributed by atoms with E-state index in [1.807, 2.05) is 0 Å². The molecule has 0 saturated heterocycles. The maximum Gasteiger partial charge on any atom is 0.762 e. The summed E-state index contributed by atoms with van der Waals surface area (Å²) in [6.45, 7) is 2.88. The maximum absolute atomic E-state index is 9.67. The summed E-state index contributed by atoms with van der Waals surface area (Å²) in [6.07, 6.45) is 1.10. The molecule has 5 heteroatoms. The number of nitrogens with two attached hydrogens (primary N) is 1. The van der Waals surface area contributed by atoms with Crippen LogP contribution in [0, 0.1) is 0 Å². The van der Waals surface area contributed by atoms with Gasteiger partial charge in [-0.1, -0.05) is 6.92 Å². The normalized spacial score (nSPS) is 7.12. The van der Waals surface area contributed by atoms with Gasteiger partial charge in [-0.2, -0.15) is 0 Å². The Morgan fingerprint density at radius 3 is 1.50 bits per heavy atom. The van der Waals surface area contributed by atoms with Gasteiger partial charge in [0.2, 0.25) is 0 Å². The van der Waals surface area contributed by atoms with E-state index in [1.54, 1.807) is 0 Å². The van der Waals surface area contributed by atoms with E-state index < -0.39 is 7.54 Å². The van der Waals surface area contributed by atoms with Crippen molar-refractivity contribution >= 4 is 7.54 Å². The molecule has 0 fully saturated rings. The van der Waals surface area contributed by atoms with Crippen LogP contribution >= 0.6 is 0 Å². The van der Waals surface area contributed by atoms with Crippen LogP contribution in [0.5, 0.6) is 0 Å². The van der Waals surface area contributed by atoms with Crippen LogP contribution in [0.15, 0.2) is 0 Å². The van der Waals surface area contributed by atoms with Crippen molar-refractivity contribution in [2.45, 2.75) is 13.3 Å². The van der Waals surface area contributed by atoms with E-state index in [0.29, 0.717) is 0 Å². The van der Waals surface area contributed by atoms with Crippen molar-refractivity contribution < 1.29 is 12.9 Å². The average molecular weight is 127 g/mol. The first-order chi connectivity index (χ1) is 3.65. The summed E-state index contributed by atoms with van der Waals surface area (Å²) in [5.74, 6) is 0. The Morgan fingerprint density at radius 1 is 1.38 bits per heavy atom.